The van der Waals surface area contributed by atoms with E-state index in [1.165, 1.54) is 16.7 Å². The summed E-state index contributed by atoms with van der Waals surface area (Å²) in [6.45, 7) is 5.64. The molecule has 0 saturated heterocycles. The van der Waals surface area contributed by atoms with Crippen LogP contribution in [0.1, 0.15) is 62.3 Å². The molecule has 3 unspecified atom stereocenters. The number of benzene rings is 2. The van der Waals surface area contributed by atoms with Gasteiger partial charge in [0.1, 0.15) is 24.4 Å². The van der Waals surface area contributed by atoms with Crippen LogP contribution in [0.2, 0.25) is 0 Å². The molecule has 0 aliphatic heterocycles. The van der Waals surface area contributed by atoms with Crippen molar-refractivity contribution in [1.82, 2.24) is 0 Å². The Balaban J connectivity index is 2.16. The lowest BCUT2D eigenvalue weighted by atomic mass is 9.80. The van der Waals surface area contributed by atoms with Crippen molar-refractivity contribution in [3.8, 4) is 0 Å². The van der Waals surface area contributed by atoms with Crippen molar-refractivity contribution in [3.05, 3.63) is 70.8 Å². The van der Waals surface area contributed by atoms with Gasteiger partial charge in [-0.3, -0.25) is 0 Å². The lowest BCUT2D eigenvalue weighted by molar-refractivity contribution is -0.149. The van der Waals surface area contributed by atoms with Crippen molar-refractivity contribution in [2.45, 2.75) is 96.2 Å². The first-order chi connectivity index (χ1) is 17.2. The van der Waals surface area contributed by atoms with Crippen LogP contribution in [-0.4, -0.2) is 67.8 Å². The lowest BCUT2D eigenvalue weighted by Gasteiger charge is -2.33. The highest BCUT2D eigenvalue weighted by Crippen LogP contribution is 2.27. The molecule has 6 N–H and O–H groups in total. The maximum Gasteiger partial charge on any atom is 0.111 e. The number of rotatable bonds is 16. The molecule has 0 radical (unpaired) electrons. The van der Waals surface area contributed by atoms with E-state index in [0.717, 1.165) is 37.7 Å². The Hall–Kier alpha value is -1.80. The van der Waals surface area contributed by atoms with E-state index in [2.05, 4.69) is 57.2 Å². The van der Waals surface area contributed by atoms with Crippen LogP contribution in [0, 0.1) is 11.8 Å². The molecule has 36 heavy (non-hydrogen) atoms. The number of hydrogen-bond acceptors (Lipinski definition) is 6. The molecule has 2 rings (SSSR count). The third-order valence-electron chi connectivity index (χ3n) is 7.02. The Morgan fingerprint density at radius 3 is 1.44 bits per heavy atom. The van der Waals surface area contributed by atoms with Crippen LogP contribution in [0.15, 0.2) is 48.5 Å². The highest BCUT2D eigenvalue weighted by Gasteiger charge is 2.37. The van der Waals surface area contributed by atoms with Gasteiger partial charge in [0, 0.05) is 0 Å². The maximum absolute atomic E-state index is 11.1. The van der Waals surface area contributed by atoms with Gasteiger partial charge in [0.2, 0.25) is 0 Å². The van der Waals surface area contributed by atoms with Crippen LogP contribution >= 0.6 is 0 Å². The first kappa shape index (κ1) is 30.4. The summed E-state index contributed by atoms with van der Waals surface area (Å²) in [5.74, 6) is -0.196. The summed E-state index contributed by atoms with van der Waals surface area (Å²) in [7, 11) is 0. The minimum Gasteiger partial charge on any atom is -0.394 e. The predicted molar refractivity (Wildman–Crippen MR) is 143 cm³/mol. The molecule has 6 heteroatoms. The number of hydrogen-bond donors (Lipinski definition) is 6. The zero-order chi connectivity index (χ0) is 26.7. The molecule has 2 aromatic rings. The van der Waals surface area contributed by atoms with Gasteiger partial charge in [0.15, 0.2) is 0 Å². The largest absolute Gasteiger partial charge is 0.394 e. The fourth-order valence-electron chi connectivity index (χ4n) is 4.93. The van der Waals surface area contributed by atoms with E-state index < -0.39 is 37.1 Å². The summed E-state index contributed by atoms with van der Waals surface area (Å²) >= 11 is 0. The van der Waals surface area contributed by atoms with Crippen LogP contribution in [-0.2, 0) is 25.7 Å². The smallest absolute Gasteiger partial charge is 0.111 e. The van der Waals surface area contributed by atoms with E-state index in [1.54, 1.807) is 0 Å². The zero-order valence-electron chi connectivity index (χ0n) is 22.0. The maximum atomic E-state index is 11.1. The van der Waals surface area contributed by atoms with Crippen molar-refractivity contribution in [2.24, 2.45) is 11.8 Å². The van der Waals surface area contributed by atoms with Gasteiger partial charge in [-0.25, -0.2) is 0 Å². The summed E-state index contributed by atoms with van der Waals surface area (Å²) in [4.78, 5) is 0. The van der Waals surface area contributed by atoms with Gasteiger partial charge in [0.05, 0.1) is 12.7 Å². The highest BCUT2D eigenvalue weighted by molar-refractivity contribution is 5.24. The molecule has 0 spiro atoms. The van der Waals surface area contributed by atoms with Gasteiger partial charge in [-0.05, 0) is 66.2 Å². The molecule has 2 aromatic carbocycles. The van der Waals surface area contributed by atoms with Crippen LogP contribution in [0.25, 0.3) is 0 Å². The number of aliphatic hydroxyl groups is 6. The minimum atomic E-state index is -1.79. The van der Waals surface area contributed by atoms with Gasteiger partial charge in [0.25, 0.3) is 0 Å². The third-order valence-corrected chi connectivity index (χ3v) is 7.02. The van der Waals surface area contributed by atoms with E-state index in [9.17, 15) is 25.5 Å². The van der Waals surface area contributed by atoms with E-state index >= 15 is 0 Å². The summed E-state index contributed by atoms with van der Waals surface area (Å²) in [6, 6.07) is 16.8. The van der Waals surface area contributed by atoms with E-state index in [-0.39, 0.29) is 11.8 Å². The van der Waals surface area contributed by atoms with E-state index in [4.69, 9.17) is 5.11 Å². The number of aliphatic hydroxyl groups excluding tert-OH is 6. The summed E-state index contributed by atoms with van der Waals surface area (Å²) < 4.78 is 0. The first-order valence-corrected chi connectivity index (χ1v) is 13.4. The van der Waals surface area contributed by atoms with Gasteiger partial charge in [-0.2, -0.15) is 0 Å². The number of aryl methyl sites for hydroxylation is 2. The molecule has 0 aliphatic rings. The second kappa shape index (κ2) is 15.5. The molecule has 0 saturated carbocycles. The molecule has 6 nitrogen and oxygen atoms in total. The Kier molecular flexibility index (Phi) is 13.1. The molecular formula is C30H46O6. The quantitative estimate of drug-likeness (QED) is 0.210. The van der Waals surface area contributed by atoms with Crippen LogP contribution < -0.4 is 0 Å². The fourth-order valence-corrected chi connectivity index (χ4v) is 4.93. The molecule has 0 amide bonds. The van der Waals surface area contributed by atoms with Crippen molar-refractivity contribution in [3.63, 3.8) is 0 Å². The van der Waals surface area contributed by atoms with Gasteiger partial charge in [-0.15, -0.1) is 0 Å². The van der Waals surface area contributed by atoms with Crippen molar-refractivity contribution < 1.29 is 30.6 Å². The van der Waals surface area contributed by atoms with E-state index in [1.807, 2.05) is 12.1 Å². The summed E-state index contributed by atoms with van der Waals surface area (Å²) in [6.07, 6.45) is -2.06. The van der Waals surface area contributed by atoms with Gasteiger partial charge in [-0.1, -0.05) is 82.1 Å². The van der Waals surface area contributed by atoms with Crippen molar-refractivity contribution >= 4 is 0 Å². The predicted octanol–water partition coefficient (Wildman–Crippen LogP) is 2.82. The molecule has 0 bridgehead atoms. The molecule has 0 heterocycles. The Bertz CT molecular complexity index is 853. The normalized spacial score (nSPS) is 17.7. The van der Waals surface area contributed by atoms with Crippen molar-refractivity contribution in [1.29, 1.82) is 0 Å². The van der Waals surface area contributed by atoms with Crippen LogP contribution in [0.3, 0.4) is 0 Å². The first-order valence-electron chi connectivity index (χ1n) is 13.4. The monoisotopic (exact) mass is 502 g/mol. The molecule has 0 fully saturated rings. The summed E-state index contributed by atoms with van der Waals surface area (Å²) in [5.41, 5.74) is 4.79. The van der Waals surface area contributed by atoms with Crippen LogP contribution in [0.5, 0.6) is 0 Å². The molecule has 0 aromatic heterocycles. The second-order valence-electron chi connectivity index (χ2n) is 10.4. The van der Waals surface area contributed by atoms with Gasteiger partial charge >= 0.3 is 0 Å². The average Bonchev–Trinajstić information content (AvgIpc) is 2.88. The van der Waals surface area contributed by atoms with Crippen LogP contribution in [0.4, 0.5) is 0 Å². The fraction of sp³-hybridized carbons (Fsp3) is 0.600. The summed E-state index contributed by atoms with van der Waals surface area (Å²) in [5, 5.41) is 61.0. The zero-order valence-corrected chi connectivity index (χ0v) is 22.0. The molecule has 202 valence electrons. The highest BCUT2D eigenvalue weighted by atomic mass is 16.4. The second-order valence-corrected chi connectivity index (χ2v) is 10.4. The Morgan fingerprint density at radius 1 is 0.583 bits per heavy atom. The Labute approximate surface area is 216 Å². The third kappa shape index (κ3) is 9.25. The molecular weight excluding hydrogens is 456 g/mol. The lowest BCUT2D eigenvalue weighted by Crippen LogP contribution is -2.52. The molecule has 7 atom stereocenters. The van der Waals surface area contributed by atoms with E-state index in [0.29, 0.717) is 12.8 Å². The topological polar surface area (TPSA) is 121 Å². The minimum absolute atomic E-state index is 0.193. The average molecular weight is 503 g/mol. The van der Waals surface area contributed by atoms with Crippen molar-refractivity contribution in [2.75, 3.05) is 6.61 Å². The SMILES string of the molecule is CCCc1ccc(CC(C)CC(Cc2ccc(CCC)cc2)C(O)[C@@H](O)[C@@H](O)[C@H](O)[C@@H](O)CO)cc1. The standard InChI is InChI=1S/C30H46O6/c1-4-6-21-8-12-23(13-9-21)16-20(3)17-25(18-24-14-10-22(7-5-2)11-15-24)27(33)29(35)30(36)28(34)26(32)19-31/h8-15,20,25-36H,4-7,16-19H2,1-3H3/t20?,25?,26-,27?,28+,29+,30-/m0/s1. The Morgan fingerprint density at radius 2 is 1.00 bits per heavy atom. The molecule has 0 aliphatic carbocycles. The van der Waals surface area contributed by atoms with Gasteiger partial charge < -0.3 is 30.6 Å².